The molecule has 1 fully saturated rings. The van der Waals surface area contributed by atoms with E-state index in [1.807, 2.05) is 0 Å². The standard InChI is InChI=1S/C22H30BrF2NO4/c1-21(2,3)29-19(27)15(11-13-7-8-16(24)17(23)18(13)25)14-9-10-26(12-14)20(28)30-22(4,5)6/h7-8,14-15H,9-12H2,1-6H3/t14-,15-/m0/s1. The number of carbonyl (C=O) groups excluding carboxylic acids is 2. The van der Waals surface area contributed by atoms with Gasteiger partial charge in [-0.1, -0.05) is 6.07 Å². The Bertz CT molecular complexity index is 802. The fourth-order valence-electron chi connectivity index (χ4n) is 3.39. The van der Waals surface area contributed by atoms with Crippen LogP contribution in [0.4, 0.5) is 13.6 Å². The van der Waals surface area contributed by atoms with Crippen LogP contribution in [0.5, 0.6) is 0 Å². The van der Waals surface area contributed by atoms with Crippen LogP contribution in [0, 0.1) is 23.5 Å². The molecule has 1 heterocycles. The SMILES string of the molecule is CC(C)(C)OC(=O)[C@@H](Cc1ccc(F)c(Br)c1F)[C@H]1CCN(C(=O)OC(C)(C)C)C1. The van der Waals surface area contributed by atoms with Crippen molar-refractivity contribution in [2.45, 2.75) is 65.6 Å². The number of likely N-dealkylation sites (tertiary alicyclic amines) is 1. The number of carbonyl (C=O) groups is 2. The number of amides is 1. The zero-order valence-corrected chi connectivity index (χ0v) is 19.9. The van der Waals surface area contributed by atoms with Crippen LogP contribution in [0.3, 0.4) is 0 Å². The first-order valence-electron chi connectivity index (χ1n) is 10.0. The molecule has 1 aromatic carbocycles. The molecule has 1 aliphatic rings. The van der Waals surface area contributed by atoms with Crippen LogP contribution in [0.15, 0.2) is 16.6 Å². The van der Waals surface area contributed by atoms with E-state index in [0.717, 1.165) is 6.07 Å². The highest BCUT2D eigenvalue weighted by Gasteiger charge is 2.39. The topological polar surface area (TPSA) is 55.8 Å². The Morgan fingerprint density at radius 2 is 1.73 bits per heavy atom. The number of halogens is 3. The highest BCUT2D eigenvalue weighted by Crippen LogP contribution is 2.32. The summed E-state index contributed by atoms with van der Waals surface area (Å²) in [4.78, 5) is 26.9. The summed E-state index contributed by atoms with van der Waals surface area (Å²) in [6.07, 6.45) is 0.170. The molecule has 2 rings (SSSR count). The predicted molar refractivity (Wildman–Crippen MR) is 113 cm³/mol. The molecule has 2 atom stereocenters. The van der Waals surface area contributed by atoms with Crippen molar-refractivity contribution < 1.29 is 27.8 Å². The summed E-state index contributed by atoms with van der Waals surface area (Å²) >= 11 is 2.91. The fraction of sp³-hybridized carbons (Fsp3) is 0.636. The third-order valence-electron chi connectivity index (χ3n) is 4.71. The number of rotatable bonds is 4. The summed E-state index contributed by atoms with van der Waals surface area (Å²) in [5, 5.41) is 0. The van der Waals surface area contributed by atoms with Crippen LogP contribution in [-0.2, 0) is 20.7 Å². The monoisotopic (exact) mass is 489 g/mol. The van der Waals surface area contributed by atoms with E-state index in [2.05, 4.69) is 15.9 Å². The molecule has 0 spiro atoms. The Morgan fingerprint density at radius 1 is 1.13 bits per heavy atom. The molecule has 5 nitrogen and oxygen atoms in total. The Morgan fingerprint density at radius 3 is 2.30 bits per heavy atom. The fourth-order valence-corrected chi connectivity index (χ4v) is 3.78. The molecule has 30 heavy (non-hydrogen) atoms. The maximum absolute atomic E-state index is 14.6. The number of benzene rings is 1. The van der Waals surface area contributed by atoms with Gasteiger partial charge in [-0.3, -0.25) is 4.79 Å². The second-order valence-electron chi connectivity index (χ2n) is 9.65. The molecule has 8 heteroatoms. The molecular weight excluding hydrogens is 460 g/mol. The second-order valence-corrected chi connectivity index (χ2v) is 10.4. The molecule has 1 aliphatic heterocycles. The zero-order valence-electron chi connectivity index (χ0n) is 18.4. The lowest BCUT2D eigenvalue weighted by molar-refractivity contribution is -0.162. The molecule has 0 aromatic heterocycles. The molecule has 0 aliphatic carbocycles. The van der Waals surface area contributed by atoms with Crippen molar-refractivity contribution in [1.82, 2.24) is 4.90 Å². The summed E-state index contributed by atoms with van der Waals surface area (Å²) in [7, 11) is 0. The summed E-state index contributed by atoms with van der Waals surface area (Å²) in [5.41, 5.74) is -1.11. The Hall–Kier alpha value is -1.70. The van der Waals surface area contributed by atoms with Crippen molar-refractivity contribution >= 4 is 28.0 Å². The van der Waals surface area contributed by atoms with E-state index in [-0.39, 0.29) is 22.4 Å². The van der Waals surface area contributed by atoms with E-state index in [0.29, 0.717) is 19.5 Å². The van der Waals surface area contributed by atoms with Gasteiger partial charge in [0.05, 0.1) is 10.4 Å². The number of nitrogens with zero attached hydrogens (tertiary/aromatic N) is 1. The molecular formula is C22H30BrF2NO4. The lowest BCUT2D eigenvalue weighted by atomic mass is 9.85. The van der Waals surface area contributed by atoms with Crippen molar-refractivity contribution in [2.24, 2.45) is 11.8 Å². The van der Waals surface area contributed by atoms with Gasteiger partial charge in [0, 0.05) is 13.1 Å². The highest BCUT2D eigenvalue weighted by molar-refractivity contribution is 9.10. The largest absolute Gasteiger partial charge is 0.460 e. The quantitative estimate of drug-likeness (QED) is 0.414. The first-order chi connectivity index (χ1) is 13.7. The van der Waals surface area contributed by atoms with Gasteiger partial charge in [-0.15, -0.1) is 0 Å². The van der Waals surface area contributed by atoms with Crippen molar-refractivity contribution in [1.29, 1.82) is 0 Å². The van der Waals surface area contributed by atoms with Crippen LogP contribution in [0.2, 0.25) is 0 Å². The molecule has 1 aromatic rings. The number of hydrogen-bond donors (Lipinski definition) is 0. The average molecular weight is 490 g/mol. The molecule has 0 unspecified atom stereocenters. The van der Waals surface area contributed by atoms with E-state index in [1.165, 1.54) is 6.07 Å². The third kappa shape index (κ3) is 6.65. The van der Waals surface area contributed by atoms with Crippen LogP contribution in [0.25, 0.3) is 0 Å². The van der Waals surface area contributed by atoms with Gasteiger partial charge in [0.15, 0.2) is 0 Å². The second kappa shape index (κ2) is 9.20. The van der Waals surface area contributed by atoms with E-state index < -0.39 is 40.8 Å². The van der Waals surface area contributed by atoms with Gasteiger partial charge in [0.25, 0.3) is 0 Å². The van der Waals surface area contributed by atoms with Crippen LogP contribution >= 0.6 is 15.9 Å². The molecule has 1 amide bonds. The van der Waals surface area contributed by atoms with Gasteiger partial charge in [0.1, 0.15) is 22.8 Å². The van der Waals surface area contributed by atoms with Crippen LogP contribution in [-0.4, -0.2) is 41.3 Å². The van der Waals surface area contributed by atoms with Crippen LogP contribution in [0.1, 0.15) is 53.5 Å². The first kappa shape index (κ1) is 24.6. The van der Waals surface area contributed by atoms with Crippen molar-refractivity contribution in [3.05, 3.63) is 33.8 Å². The Kier molecular flexibility index (Phi) is 7.54. The molecule has 0 bridgehead atoms. The highest BCUT2D eigenvalue weighted by atomic mass is 79.9. The summed E-state index contributed by atoms with van der Waals surface area (Å²) in [6.45, 7) is 11.4. The van der Waals surface area contributed by atoms with E-state index >= 15 is 0 Å². The Balaban J connectivity index is 2.24. The summed E-state index contributed by atoms with van der Waals surface area (Å²) < 4.78 is 38.9. The zero-order chi connectivity index (χ0) is 22.9. The van der Waals surface area contributed by atoms with Crippen molar-refractivity contribution in [3.63, 3.8) is 0 Å². The van der Waals surface area contributed by atoms with E-state index in [9.17, 15) is 18.4 Å². The van der Waals surface area contributed by atoms with Gasteiger partial charge in [0.2, 0.25) is 0 Å². The van der Waals surface area contributed by atoms with Gasteiger partial charge in [-0.25, -0.2) is 13.6 Å². The number of hydrogen-bond acceptors (Lipinski definition) is 4. The van der Waals surface area contributed by atoms with Gasteiger partial charge in [-0.05, 0) is 87.9 Å². The average Bonchev–Trinajstić information content (AvgIpc) is 3.06. The van der Waals surface area contributed by atoms with Gasteiger partial charge >= 0.3 is 12.1 Å². The van der Waals surface area contributed by atoms with E-state index in [4.69, 9.17) is 9.47 Å². The molecule has 0 saturated carbocycles. The first-order valence-corrected chi connectivity index (χ1v) is 10.8. The predicted octanol–water partition coefficient (Wildman–Crippen LogP) is 5.48. The maximum Gasteiger partial charge on any atom is 0.410 e. The summed E-state index contributed by atoms with van der Waals surface area (Å²) in [5.74, 6) is -2.80. The minimum Gasteiger partial charge on any atom is -0.460 e. The number of esters is 1. The van der Waals surface area contributed by atoms with Gasteiger partial charge < -0.3 is 14.4 Å². The molecule has 0 radical (unpaired) electrons. The number of ether oxygens (including phenoxy) is 2. The van der Waals surface area contributed by atoms with Gasteiger partial charge in [-0.2, -0.15) is 0 Å². The summed E-state index contributed by atoms with van der Waals surface area (Å²) in [6, 6.07) is 2.50. The van der Waals surface area contributed by atoms with Crippen molar-refractivity contribution in [3.8, 4) is 0 Å². The smallest absolute Gasteiger partial charge is 0.410 e. The van der Waals surface area contributed by atoms with Crippen molar-refractivity contribution in [2.75, 3.05) is 13.1 Å². The minimum atomic E-state index is -0.731. The van der Waals surface area contributed by atoms with E-state index in [1.54, 1.807) is 46.4 Å². The van der Waals surface area contributed by atoms with Crippen LogP contribution < -0.4 is 0 Å². The lowest BCUT2D eigenvalue weighted by Gasteiger charge is -2.28. The molecule has 0 N–H and O–H groups in total. The maximum atomic E-state index is 14.6. The lowest BCUT2D eigenvalue weighted by Crippen LogP contribution is -2.38. The minimum absolute atomic E-state index is 0.0481. The molecule has 1 saturated heterocycles. The molecule has 168 valence electrons. The normalized spacial score (nSPS) is 18.3. The Labute approximate surface area is 185 Å². The third-order valence-corrected chi connectivity index (χ3v) is 5.44.